The summed E-state index contributed by atoms with van der Waals surface area (Å²) < 4.78 is 17.8. The highest BCUT2D eigenvalue weighted by Gasteiger charge is 2.15. The first-order valence-corrected chi connectivity index (χ1v) is 4.27. The highest BCUT2D eigenvalue weighted by atomic mass is 19.1. The van der Waals surface area contributed by atoms with Gasteiger partial charge in [0.2, 0.25) is 5.76 Å². The zero-order valence-corrected chi connectivity index (χ0v) is 7.85. The van der Waals surface area contributed by atoms with Crippen molar-refractivity contribution >= 4 is 5.97 Å². The van der Waals surface area contributed by atoms with Crippen molar-refractivity contribution in [1.29, 1.82) is 0 Å². The second kappa shape index (κ2) is 3.65. The average Bonchev–Trinajstić information content (AvgIpc) is 2.70. The van der Waals surface area contributed by atoms with Crippen LogP contribution in [0.3, 0.4) is 0 Å². The first-order valence-electron chi connectivity index (χ1n) is 4.27. The van der Waals surface area contributed by atoms with Gasteiger partial charge in [-0.2, -0.15) is 0 Å². The Hall–Kier alpha value is -2.37. The molecule has 82 valence electrons. The Balaban J connectivity index is 2.50. The van der Waals surface area contributed by atoms with E-state index >= 15 is 0 Å². The van der Waals surface area contributed by atoms with Crippen LogP contribution in [0.25, 0.3) is 11.3 Å². The maximum atomic E-state index is 13.3. The molecule has 1 heterocycles. The van der Waals surface area contributed by atoms with Gasteiger partial charge in [-0.05, 0) is 18.2 Å². The van der Waals surface area contributed by atoms with Crippen molar-refractivity contribution in [2.75, 3.05) is 0 Å². The fourth-order valence-electron chi connectivity index (χ4n) is 1.21. The molecule has 2 aromatic rings. The summed E-state index contributed by atoms with van der Waals surface area (Å²) >= 11 is 0. The number of phenolic OH excluding ortho intramolecular Hbond substituents is 1. The number of benzene rings is 1. The van der Waals surface area contributed by atoms with E-state index in [1.165, 1.54) is 6.07 Å². The number of hydrogen-bond acceptors (Lipinski definition) is 4. The van der Waals surface area contributed by atoms with Gasteiger partial charge in [0.25, 0.3) is 0 Å². The summed E-state index contributed by atoms with van der Waals surface area (Å²) in [5.74, 6) is -2.45. The summed E-state index contributed by atoms with van der Waals surface area (Å²) in [6.07, 6.45) is 0. The normalized spacial score (nSPS) is 10.3. The Labute approximate surface area is 88.7 Å². The lowest BCUT2D eigenvalue weighted by Crippen LogP contribution is -1.91. The van der Waals surface area contributed by atoms with Gasteiger partial charge in [0.15, 0.2) is 0 Å². The van der Waals surface area contributed by atoms with E-state index in [0.717, 1.165) is 18.2 Å². The highest BCUT2D eigenvalue weighted by molar-refractivity contribution is 5.85. The van der Waals surface area contributed by atoms with Crippen molar-refractivity contribution in [2.45, 2.75) is 0 Å². The lowest BCUT2D eigenvalue weighted by Gasteiger charge is -1.98. The minimum Gasteiger partial charge on any atom is -0.508 e. The largest absolute Gasteiger partial charge is 0.508 e. The molecule has 0 aliphatic rings. The SMILES string of the molecule is O=C(O)c1cc(-c2cc(O)ccc2F)no1. The third kappa shape index (κ3) is 1.72. The zero-order chi connectivity index (χ0) is 11.7. The molecule has 1 aromatic carbocycles. The molecule has 0 aliphatic heterocycles. The topological polar surface area (TPSA) is 83.6 Å². The van der Waals surface area contributed by atoms with Crippen LogP contribution in [0, 0.1) is 5.82 Å². The quantitative estimate of drug-likeness (QED) is 0.812. The smallest absolute Gasteiger partial charge is 0.374 e. The molecule has 0 spiro atoms. The number of nitrogens with zero attached hydrogens (tertiary/aromatic N) is 1. The number of phenols is 1. The number of hydrogen-bond donors (Lipinski definition) is 2. The number of aromatic nitrogens is 1. The molecule has 0 bridgehead atoms. The molecule has 6 heteroatoms. The second-order valence-electron chi connectivity index (χ2n) is 3.05. The standard InChI is InChI=1S/C10H6FNO4/c11-7-2-1-5(13)3-6(7)8-4-9(10(14)15)16-12-8/h1-4,13H,(H,14,15). The van der Waals surface area contributed by atoms with Crippen LogP contribution in [0.1, 0.15) is 10.6 Å². The molecule has 5 nitrogen and oxygen atoms in total. The Morgan fingerprint density at radius 1 is 1.38 bits per heavy atom. The van der Waals surface area contributed by atoms with Crippen molar-refractivity contribution < 1.29 is 23.9 Å². The number of carboxylic acid groups (broad SMARTS) is 1. The number of aromatic hydroxyl groups is 1. The monoisotopic (exact) mass is 223 g/mol. The molecule has 2 rings (SSSR count). The molecule has 0 amide bonds. The molecule has 16 heavy (non-hydrogen) atoms. The zero-order valence-electron chi connectivity index (χ0n) is 7.85. The van der Waals surface area contributed by atoms with Crippen molar-refractivity contribution in [1.82, 2.24) is 5.16 Å². The fraction of sp³-hybridized carbons (Fsp3) is 0. The van der Waals surface area contributed by atoms with E-state index in [-0.39, 0.29) is 17.0 Å². The van der Waals surface area contributed by atoms with E-state index in [9.17, 15) is 14.3 Å². The third-order valence-corrected chi connectivity index (χ3v) is 1.95. The second-order valence-corrected chi connectivity index (χ2v) is 3.05. The molecular weight excluding hydrogens is 217 g/mol. The summed E-state index contributed by atoms with van der Waals surface area (Å²) in [6.45, 7) is 0. The maximum absolute atomic E-state index is 13.3. The van der Waals surface area contributed by atoms with Gasteiger partial charge in [-0.15, -0.1) is 0 Å². The van der Waals surface area contributed by atoms with Crippen LogP contribution in [0.2, 0.25) is 0 Å². The van der Waals surface area contributed by atoms with Gasteiger partial charge < -0.3 is 14.7 Å². The summed E-state index contributed by atoms with van der Waals surface area (Å²) in [7, 11) is 0. The maximum Gasteiger partial charge on any atom is 0.374 e. The number of halogens is 1. The molecule has 0 saturated heterocycles. The van der Waals surface area contributed by atoms with E-state index < -0.39 is 17.5 Å². The Kier molecular flexibility index (Phi) is 2.32. The lowest BCUT2D eigenvalue weighted by molar-refractivity contribution is 0.0652. The van der Waals surface area contributed by atoms with Crippen molar-refractivity contribution in [3.05, 3.63) is 35.8 Å². The van der Waals surface area contributed by atoms with E-state index in [2.05, 4.69) is 9.68 Å². The van der Waals surface area contributed by atoms with Gasteiger partial charge in [-0.3, -0.25) is 0 Å². The van der Waals surface area contributed by atoms with Crippen molar-refractivity contribution in [3.8, 4) is 17.0 Å². The van der Waals surface area contributed by atoms with Gasteiger partial charge >= 0.3 is 5.97 Å². The van der Waals surface area contributed by atoms with Crippen LogP contribution in [0.15, 0.2) is 28.8 Å². The van der Waals surface area contributed by atoms with Crippen LogP contribution in [0.4, 0.5) is 4.39 Å². The fourth-order valence-corrected chi connectivity index (χ4v) is 1.21. The van der Waals surface area contributed by atoms with E-state index in [1.807, 2.05) is 0 Å². The molecule has 0 atom stereocenters. The van der Waals surface area contributed by atoms with Crippen LogP contribution >= 0.6 is 0 Å². The Morgan fingerprint density at radius 3 is 2.75 bits per heavy atom. The Morgan fingerprint density at radius 2 is 2.12 bits per heavy atom. The summed E-state index contributed by atoms with van der Waals surface area (Å²) in [5.41, 5.74) is 0.00190. The number of aromatic carboxylic acids is 1. The highest BCUT2D eigenvalue weighted by Crippen LogP contribution is 2.26. The van der Waals surface area contributed by atoms with Gasteiger partial charge in [0, 0.05) is 11.6 Å². The van der Waals surface area contributed by atoms with E-state index in [1.54, 1.807) is 0 Å². The molecule has 0 fully saturated rings. The molecule has 2 N–H and O–H groups in total. The number of carbonyl (C=O) groups is 1. The van der Waals surface area contributed by atoms with E-state index in [4.69, 9.17) is 5.11 Å². The molecule has 0 radical (unpaired) electrons. The van der Waals surface area contributed by atoms with Gasteiger partial charge in [0.05, 0.1) is 0 Å². The summed E-state index contributed by atoms with van der Waals surface area (Å²) in [5, 5.41) is 21.2. The first kappa shape index (κ1) is 10.2. The predicted octanol–water partition coefficient (Wildman–Crippen LogP) is 1.88. The number of carboxylic acids is 1. The average molecular weight is 223 g/mol. The molecule has 0 unspecified atom stereocenters. The first-order chi connectivity index (χ1) is 7.58. The summed E-state index contributed by atoms with van der Waals surface area (Å²) in [6, 6.07) is 4.45. The molecular formula is C10H6FNO4. The van der Waals surface area contributed by atoms with Crippen LogP contribution in [-0.2, 0) is 0 Å². The minimum absolute atomic E-state index is 0.0174. The Bertz CT molecular complexity index is 550. The van der Waals surface area contributed by atoms with Crippen LogP contribution in [0.5, 0.6) is 5.75 Å². The third-order valence-electron chi connectivity index (χ3n) is 1.95. The summed E-state index contributed by atoms with van der Waals surface area (Å²) in [4.78, 5) is 10.5. The van der Waals surface area contributed by atoms with Gasteiger partial charge in [-0.25, -0.2) is 9.18 Å². The van der Waals surface area contributed by atoms with Crippen molar-refractivity contribution in [3.63, 3.8) is 0 Å². The molecule has 0 saturated carbocycles. The lowest BCUT2D eigenvalue weighted by atomic mass is 10.1. The number of rotatable bonds is 2. The van der Waals surface area contributed by atoms with Crippen LogP contribution in [-0.4, -0.2) is 21.3 Å². The molecule has 1 aromatic heterocycles. The molecule has 0 aliphatic carbocycles. The minimum atomic E-state index is -1.29. The van der Waals surface area contributed by atoms with Crippen LogP contribution < -0.4 is 0 Å². The van der Waals surface area contributed by atoms with Gasteiger partial charge in [-0.1, -0.05) is 5.16 Å². The van der Waals surface area contributed by atoms with Crippen molar-refractivity contribution in [2.24, 2.45) is 0 Å². The van der Waals surface area contributed by atoms with Gasteiger partial charge in [0.1, 0.15) is 17.3 Å². The predicted molar refractivity (Wildman–Crippen MR) is 50.5 cm³/mol. The van der Waals surface area contributed by atoms with E-state index in [0.29, 0.717) is 0 Å².